The number of nitrogens with zero attached hydrogens (tertiary/aromatic N) is 2. The molecule has 2 aromatic carbocycles. The van der Waals surface area contributed by atoms with Crippen LogP contribution < -0.4 is 19.7 Å². The van der Waals surface area contributed by atoms with Crippen molar-refractivity contribution in [2.75, 3.05) is 28.6 Å². The Morgan fingerprint density at radius 3 is 2.45 bits per heavy atom. The number of carbonyl (C=O) groups is 3. The number of aryl methyl sites for hydroxylation is 2. The van der Waals surface area contributed by atoms with Gasteiger partial charge in [0.1, 0.15) is 17.4 Å². The number of benzene rings is 2. The van der Waals surface area contributed by atoms with E-state index >= 15 is 0 Å². The Balaban J connectivity index is 1.93. The van der Waals surface area contributed by atoms with E-state index < -0.39 is 21.8 Å². The maximum Gasteiger partial charge on any atom is 0.265 e. The van der Waals surface area contributed by atoms with Gasteiger partial charge in [-0.15, -0.1) is 11.3 Å². The van der Waals surface area contributed by atoms with Gasteiger partial charge in [-0.3, -0.25) is 24.0 Å². The lowest BCUT2D eigenvalue weighted by molar-refractivity contribution is -0.123. The summed E-state index contributed by atoms with van der Waals surface area (Å²) in [5.74, 6) is -0.696. The van der Waals surface area contributed by atoms with Crippen molar-refractivity contribution in [3.05, 3.63) is 76.7 Å². The molecule has 0 saturated carbocycles. The van der Waals surface area contributed by atoms with Gasteiger partial charge in [-0.1, -0.05) is 24.8 Å². The van der Waals surface area contributed by atoms with Crippen molar-refractivity contribution < 1.29 is 27.5 Å². The average molecular weight is 583 g/mol. The van der Waals surface area contributed by atoms with Gasteiger partial charge in [-0.25, -0.2) is 8.42 Å². The molecule has 0 aliphatic carbocycles. The number of anilines is 3. The third-order valence-electron chi connectivity index (χ3n) is 6.24. The molecule has 1 aliphatic rings. The third kappa shape index (κ3) is 5.73. The number of ether oxygens (including phenoxy) is 1. The van der Waals surface area contributed by atoms with E-state index in [4.69, 9.17) is 4.74 Å². The van der Waals surface area contributed by atoms with Gasteiger partial charge >= 0.3 is 0 Å². The zero-order valence-corrected chi connectivity index (χ0v) is 24.2. The second-order valence-corrected chi connectivity index (χ2v) is 12.1. The maximum absolute atomic E-state index is 13.3. The summed E-state index contributed by atoms with van der Waals surface area (Å²) < 4.78 is 33.7. The normalized spacial score (nSPS) is 13.1. The van der Waals surface area contributed by atoms with Gasteiger partial charge in [0.25, 0.3) is 17.7 Å². The van der Waals surface area contributed by atoms with Gasteiger partial charge in [0, 0.05) is 6.54 Å². The zero-order chi connectivity index (χ0) is 29.2. The predicted octanol–water partition coefficient (Wildman–Crippen LogP) is 4.93. The van der Waals surface area contributed by atoms with Crippen molar-refractivity contribution in [1.29, 1.82) is 0 Å². The molecule has 0 bridgehead atoms. The number of imide groups is 1. The van der Waals surface area contributed by atoms with Gasteiger partial charge in [0.15, 0.2) is 5.75 Å². The number of rotatable bonds is 9. The van der Waals surface area contributed by atoms with Crippen LogP contribution >= 0.6 is 11.3 Å². The molecule has 210 valence electrons. The summed E-state index contributed by atoms with van der Waals surface area (Å²) in [6.07, 6.45) is 1.04. The Labute approximate surface area is 237 Å². The van der Waals surface area contributed by atoms with E-state index in [9.17, 15) is 22.8 Å². The van der Waals surface area contributed by atoms with Crippen LogP contribution in [0.4, 0.5) is 16.4 Å². The summed E-state index contributed by atoms with van der Waals surface area (Å²) in [6, 6.07) is 12.0. The molecule has 0 spiro atoms. The van der Waals surface area contributed by atoms with Crippen LogP contribution in [0.5, 0.6) is 11.5 Å². The molecule has 0 unspecified atom stereocenters. The molecule has 0 saturated heterocycles. The lowest BCUT2D eigenvalue weighted by atomic mass is 10.1. The first-order valence-electron chi connectivity index (χ1n) is 12.6. The summed E-state index contributed by atoms with van der Waals surface area (Å²) in [4.78, 5) is 41.7. The molecule has 3 aromatic rings. The van der Waals surface area contributed by atoms with Crippen molar-refractivity contribution in [2.45, 2.75) is 27.7 Å². The number of hydrogen-bond donors (Lipinski definition) is 2. The minimum atomic E-state index is -3.61. The fourth-order valence-corrected chi connectivity index (χ4v) is 5.88. The van der Waals surface area contributed by atoms with Gasteiger partial charge < -0.3 is 15.0 Å². The highest BCUT2D eigenvalue weighted by atomic mass is 32.2. The van der Waals surface area contributed by atoms with Gasteiger partial charge in [-0.2, -0.15) is 0 Å². The van der Waals surface area contributed by atoms with E-state index in [2.05, 4.69) is 16.6 Å². The number of para-hydroxylation sites is 1. The van der Waals surface area contributed by atoms with E-state index in [-0.39, 0.29) is 34.5 Å². The van der Waals surface area contributed by atoms with Crippen LogP contribution in [0.25, 0.3) is 0 Å². The topological polar surface area (TPSA) is 125 Å². The number of thiophene rings is 1. The summed E-state index contributed by atoms with van der Waals surface area (Å²) in [6.45, 7) is 10.8. The smallest absolute Gasteiger partial charge is 0.265 e. The summed E-state index contributed by atoms with van der Waals surface area (Å²) >= 11 is 1.09. The Bertz CT molecular complexity index is 1590. The monoisotopic (exact) mass is 582 g/mol. The zero-order valence-electron chi connectivity index (χ0n) is 22.6. The fourth-order valence-electron chi connectivity index (χ4n) is 4.18. The first kappa shape index (κ1) is 28.8. The molecular weight excluding hydrogens is 552 g/mol. The van der Waals surface area contributed by atoms with E-state index in [1.807, 2.05) is 32.0 Å². The summed E-state index contributed by atoms with van der Waals surface area (Å²) in [7, 11) is -3.61. The van der Waals surface area contributed by atoms with Crippen molar-refractivity contribution in [2.24, 2.45) is 0 Å². The van der Waals surface area contributed by atoms with Crippen LogP contribution in [-0.2, 0) is 14.8 Å². The molecule has 0 atom stereocenters. The molecule has 1 aromatic heterocycles. The first-order chi connectivity index (χ1) is 19.0. The van der Waals surface area contributed by atoms with Crippen molar-refractivity contribution in [3.8, 4) is 11.5 Å². The van der Waals surface area contributed by atoms with Gasteiger partial charge in [-0.05, 0) is 69.2 Å². The molecule has 3 amide bonds. The number of amides is 3. The van der Waals surface area contributed by atoms with Crippen LogP contribution in [0.1, 0.15) is 45.0 Å². The molecule has 40 heavy (non-hydrogen) atoms. The number of nitrogens with one attached hydrogen (secondary N) is 2. The highest BCUT2D eigenvalue weighted by molar-refractivity contribution is 7.92. The second-order valence-electron chi connectivity index (χ2n) is 9.04. The Hall–Kier alpha value is -4.16. The number of sulfonamides is 1. The lowest BCUT2D eigenvalue weighted by Gasteiger charge is -2.35. The van der Waals surface area contributed by atoms with Crippen LogP contribution in [-0.4, -0.2) is 50.0 Å². The van der Waals surface area contributed by atoms with Crippen molar-refractivity contribution >= 4 is 55.5 Å². The molecule has 10 nitrogen and oxygen atoms in total. The van der Waals surface area contributed by atoms with E-state index in [0.717, 1.165) is 33.4 Å². The third-order valence-corrected chi connectivity index (χ3v) is 8.71. The van der Waals surface area contributed by atoms with Crippen LogP contribution in [0.2, 0.25) is 0 Å². The maximum atomic E-state index is 13.3. The summed E-state index contributed by atoms with van der Waals surface area (Å²) in [5, 5.41) is 3.14. The van der Waals surface area contributed by atoms with Crippen LogP contribution in [0.3, 0.4) is 0 Å². The quantitative estimate of drug-likeness (QED) is 0.343. The fraction of sp³-hybridized carbons (Fsp3) is 0.250. The lowest BCUT2D eigenvalue weighted by Crippen LogP contribution is -2.46. The highest BCUT2D eigenvalue weighted by Crippen LogP contribution is 2.46. The van der Waals surface area contributed by atoms with Gasteiger partial charge in [0.2, 0.25) is 10.0 Å². The number of hydrogen-bond acceptors (Lipinski definition) is 8. The minimum Gasteiger partial charge on any atom is -0.455 e. The van der Waals surface area contributed by atoms with E-state index in [1.54, 1.807) is 30.0 Å². The largest absolute Gasteiger partial charge is 0.455 e. The Kier molecular flexibility index (Phi) is 8.31. The Morgan fingerprint density at radius 1 is 1.12 bits per heavy atom. The van der Waals surface area contributed by atoms with Gasteiger partial charge in [0.05, 0.1) is 27.6 Å². The molecule has 1 aliphatic heterocycles. The SMILES string of the molecule is C=CC(=O)N1CN(c2cc(NS(=O)(=O)CC)ccc2Oc2c(C)cccc2C)c2sc(C(=O)NCC)cc2C1=O. The van der Waals surface area contributed by atoms with E-state index in [1.165, 1.54) is 13.0 Å². The standard InChI is InChI=1S/C28H30N4O6S2/c1-6-24(33)32-16-31(28-20(27(32)35)15-23(39-28)26(34)29-7-2)21-14-19(30-40(36,37)8-3)12-13-22(21)38-25-17(4)10-9-11-18(25)5/h6,9-15,30H,1,7-8,16H2,2-5H3,(H,29,34). The average Bonchev–Trinajstić information content (AvgIpc) is 3.38. The van der Waals surface area contributed by atoms with Crippen LogP contribution in [0.15, 0.2) is 55.1 Å². The highest BCUT2D eigenvalue weighted by Gasteiger charge is 2.37. The molecule has 2 N–H and O–H groups in total. The Morgan fingerprint density at radius 2 is 1.82 bits per heavy atom. The minimum absolute atomic E-state index is 0.131. The molecule has 4 rings (SSSR count). The van der Waals surface area contributed by atoms with Crippen LogP contribution in [0, 0.1) is 13.8 Å². The molecule has 0 radical (unpaired) electrons. The number of carbonyl (C=O) groups excluding carboxylic acids is 3. The second kappa shape index (κ2) is 11.5. The first-order valence-corrected chi connectivity index (χ1v) is 15.0. The molecule has 2 heterocycles. The number of fused-ring (bicyclic) bond motifs is 1. The van der Waals surface area contributed by atoms with Crippen molar-refractivity contribution in [1.82, 2.24) is 10.2 Å². The molecular formula is C28H30N4O6S2. The van der Waals surface area contributed by atoms with Crippen molar-refractivity contribution in [3.63, 3.8) is 0 Å². The molecule has 12 heteroatoms. The molecule has 0 fully saturated rings. The summed E-state index contributed by atoms with van der Waals surface area (Å²) in [5.41, 5.74) is 2.58. The predicted molar refractivity (Wildman–Crippen MR) is 156 cm³/mol. The van der Waals surface area contributed by atoms with E-state index in [0.29, 0.717) is 28.7 Å².